The highest BCUT2D eigenvalue weighted by molar-refractivity contribution is 6.13. The van der Waals surface area contributed by atoms with Gasteiger partial charge in [-0.05, 0) is 44.0 Å². The number of hydrogen-bond acceptors (Lipinski definition) is 3. The van der Waals surface area contributed by atoms with Crippen molar-refractivity contribution >= 4 is 18.0 Å². The molecule has 1 heterocycles. The summed E-state index contributed by atoms with van der Waals surface area (Å²) in [5.74, 6) is 0.505. The van der Waals surface area contributed by atoms with Gasteiger partial charge in [0.05, 0.1) is 6.10 Å². The Labute approximate surface area is 124 Å². The standard InChI is InChI=1S/C16H20N2O3/c1-4-11(3)21-13-8-6-12(7-9-13)10-14-15(19)18(5-2)16(20)17-14/h6-11H,4-5H2,1-3H3,(H,17,20)/b14-10+/t11-/m1/s1. The first-order valence-electron chi connectivity index (χ1n) is 7.16. The van der Waals surface area contributed by atoms with Crippen molar-refractivity contribution in [2.45, 2.75) is 33.3 Å². The monoisotopic (exact) mass is 288 g/mol. The molecule has 5 heteroatoms. The molecule has 1 aliphatic heterocycles. The lowest BCUT2D eigenvalue weighted by Gasteiger charge is -2.12. The number of imide groups is 1. The SMILES string of the molecule is CC[C@@H](C)Oc1ccc(/C=C2/NC(=O)N(CC)C2=O)cc1. The van der Waals surface area contributed by atoms with Crippen LogP contribution in [0.4, 0.5) is 4.79 Å². The lowest BCUT2D eigenvalue weighted by molar-refractivity contribution is -0.122. The molecule has 0 saturated carbocycles. The van der Waals surface area contributed by atoms with E-state index in [4.69, 9.17) is 4.74 Å². The van der Waals surface area contributed by atoms with E-state index < -0.39 is 0 Å². The highest BCUT2D eigenvalue weighted by Gasteiger charge is 2.31. The third-order valence-electron chi connectivity index (χ3n) is 3.38. The number of ether oxygens (including phenoxy) is 1. The third-order valence-corrected chi connectivity index (χ3v) is 3.38. The fourth-order valence-corrected chi connectivity index (χ4v) is 1.98. The fourth-order valence-electron chi connectivity index (χ4n) is 1.98. The number of carbonyl (C=O) groups excluding carboxylic acids is 2. The van der Waals surface area contributed by atoms with Gasteiger partial charge in [-0.3, -0.25) is 9.69 Å². The zero-order chi connectivity index (χ0) is 15.4. The molecule has 0 aromatic heterocycles. The average Bonchev–Trinajstić information content (AvgIpc) is 2.74. The zero-order valence-corrected chi connectivity index (χ0v) is 12.6. The maximum Gasteiger partial charge on any atom is 0.328 e. The Bertz CT molecular complexity index is 563. The molecule has 21 heavy (non-hydrogen) atoms. The van der Waals surface area contributed by atoms with E-state index >= 15 is 0 Å². The van der Waals surface area contributed by atoms with Crippen molar-refractivity contribution in [2.24, 2.45) is 0 Å². The van der Waals surface area contributed by atoms with Gasteiger partial charge in [0.25, 0.3) is 5.91 Å². The lowest BCUT2D eigenvalue weighted by atomic mass is 10.2. The maximum absolute atomic E-state index is 12.0. The molecule has 112 valence electrons. The van der Waals surface area contributed by atoms with Crippen LogP contribution in [0, 0.1) is 0 Å². The predicted octanol–water partition coefficient (Wildman–Crippen LogP) is 2.78. The van der Waals surface area contributed by atoms with Gasteiger partial charge in [0, 0.05) is 6.54 Å². The van der Waals surface area contributed by atoms with Gasteiger partial charge in [-0.15, -0.1) is 0 Å². The molecular formula is C16H20N2O3. The Kier molecular flexibility index (Phi) is 4.62. The van der Waals surface area contributed by atoms with Crippen LogP contribution < -0.4 is 10.1 Å². The molecule has 1 aliphatic rings. The third kappa shape index (κ3) is 3.42. The van der Waals surface area contributed by atoms with Crippen molar-refractivity contribution in [3.8, 4) is 5.75 Å². The topological polar surface area (TPSA) is 58.6 Å². The smallest absolute Gasteiger partial charge is 0.328 e. The second-order valence-electron chi connectivity index (χ2n) is 4.94. The molecule has 1 aromatic rings. The Morgan fingerprint density at radius 2 is 1.90 bits per heavy atom. The lowest BCUT2D eigenvalue weighted by Crippen LogP contribution is -2.30. The normalized spacial score (nSPS) is 18.0. The van der Waals surface area contributed by atoms with Crippen LogP contribution in [-0.4, -0.2) is 29.5 Å². The van der Waals surface area contributed by atoms with Gasteiger partial charge in [0.15, 0.2) is 0 Å². The van der Waals surface area contributed by atoms with Crippen LogP contribution in [0.15, 0.2) is 30.0 Å². The van der Waals surface area contributed by atoms with Gasteiger partial charge in [-0.1, -0.05) is 19.1 Å². The van der Waals surface area contributed by atoms with Crippen LogP contribution in [0.1, 0.15) is 32.8 Å². The molecule has 1 fully saturated rings. The van der Waals surface area contributed by atoms with E-state index in [9.17, 15) is 9.59 Å². The number of hydrogen-bond donors (Lipinski definition) is 1. The number of rotatable bonds is 5. The summed E-state index contributed by atoms with van der Waals surface area (Å²) in [6.45, 7) is 6.21. The first-order chi connectivity index (χ1) is 10.0. The Balaban J connectivity index is 2.11. The van der Waals surface area contributed by atoms with Gasteiger partial charge < -0.3 is 10.1 Å². The van der Waals surface area contributed by atoms with Crippen LogP contribution in [0.3, 0.4) is 0 Å². The first-order valence-corrected chi connectivity index (χ1v) is 7.16. The van der Waals surface area contributed by atoms with Crippen LogP contribution in [0.2, 0.25) is 0 Å². The minimum Gasteiger partial charge on any atom is -0.491 e. The number of nitrogens with one attached hydrogen (secondary N) is 1. The van der Waals surface area contributed by atoms with E-state index in [-0.39, 0.29) is 18.0 Å². The molecule has 0 bridgehead atoms. The van der Waals surface area contributed by atoms with Crippen molar-refractivity contribution in [3.05, 3.63) is 35.5 Å². The summed E-state index contributed by atoms with van der Waals surface area (Å²) >= 11 is 0. The molecule has 5 nitrogen and oxygen atoms in total. The van der Waals surface area contributed by atoms with Gasteiger partial charge >= 0.3 is 6.03 Å². The molecule has 0 spiro atoms. The average molecular weight is 288 g/mol. The van der Waals surface area contributed by atoms with Crippen molar-refractivity contribution < 1.29 is 14.3 Å². The summed E-state index contributed by atoms with van der Waals surface area (Å²) in [7, 11) is 0. The molecule has 0 unspecified atom stereocenters. The number of likely N-dealkylation sites (N-methyl/N-ethyl adjacent to an activating group) is 1. The number of benzene rings is 1. The second-order valence-corrected chi connectivity index (χ2v) is 4.94. The molecular weight excluding hydrogens is 268 g/mol. The van der Waals surface area contributed by atoms with Crippen molar-refractivity contribution in [1.82, 2.24) is 10.2 Å². The summed E-state index contributed by atoms with van der Waals surface area (Å²) in [5.41, 5.74) is 1.14. The van der Waals surface area contributed by atoms with Crippen LogP contribution in [-0.2, 0) is 4.79 Å². The quantitative estimate of drug-likeness (QED) is 0.669. The van der Waals surface area contributed by atoms with Gasteiger partial charge in [-0.25, -0.2) is 4.79 Å². The number of amides is 3. The van der Waals surface area contributed by atoms with E-state index in [0.29, 0.717) is 12.2 Å². The van der Waals surface area contributed by atoms with E-state index in [1.165, 1.54) is 4.90 Å². The van der Waals surface area contributed by atoms with E-state index in [1.54, 1.807) is 13.0 Å². The van der Waals surface area contributed by atoms with E-state index in [2.05, 4.69) is 12.2 Å². The minimum absolute atomic E-state index is 0.169. The van der Waals surface area contributed by atoms with Crippen LogP contribution in [0.5, 0.6) is 5.75 Å². The van der Waals surface area contributed by atoms with Crippen molar-refractivity contribution in [1.29, 1.82) is 0 Å². The Morgan fingerprint density at radius 3 is 2.43 bits per heavy atom. The van der Waals surface area contributed by atoms with Crippen molar-refractivity contribution in [2.75, 3.05) is 6.54 Å². The highest BCUT2D eigenvalue weighted by atomic mass is 16.5. The predicted molar refractivity (Wildman–Crippen MR) is 80.7 cm³/mol. The van der Waals surface area contributed by atoms with Gasteiger partial charge in [-0.2, -0.15) is 0 Å². The summed E-state index contributed by atoms with van der Waals surface area (Å²) in [6.07, 6.45) is 2.78. The van der Waals surface area contributed by atoms with Gasteiger partial charge in [0.2, 0.25) is 0 Å². The first kappa shape index (κ1) is 15.1. The number of urea groups is 1. The highest BCUT2D eigenvalue weighted by Crippen LogP contribution is 2.18. The fraction of sp³-hybridized carbons (Fsp3) is 0.375. The number of carbonyl (C=O) groups is 2. The minimum atomic E-state index is -0.370. The largest absolute Gasteiger partial charge is 0.491 e. The molecule has 2 rings (SSSR count). The van der Waals surface area contributed by atoms with Crippen LogP contribution >= 0.6 is 0 Å². The summed E-state index contributed by atoms with van der Waals surface area (Å²) in [4.78, 5) is 24.7. The van der Waals surface area contributed by atoms with Gasteiger partial charge in [0.1, 0.15) is 11.4 Å². The van der Waals surface area contributed by atoms with E-state index in [0.717, 1.165) is 17.7 Å². The van der Waals surface area contributed by atoms with Crippen molar-refractivity contribution in [3.63, 3.8) is 0 Å². The molecule has 1 aromatic carbocycles. The molecule has 1 atom stereocenters. The molecule has 0 radical (unpaired) electrons. The number of nitrogens with zero attached hydrogens (tertiary/aromatic N) is 1. The summed E-state index contributed by atoms with van der Waals surface area (Å²) in [5, 5.41) is 2.58. The molecule has 1 N–H and O–H groups in total. The Hall–Kier alpha value is -2.30. The summed E-state index contributed by atoms with van der Waals surface area (Å²) < 4.78 is 5.70. The zero-order valence-electron chi connectivity index (χ0n) is 12.6. The second kappa shape index (κ2) is 6.43. The molecule has 3 amide bonds. The maximum atomic E-state index is 12.0. The molecule has 0 aliphatic carbocycles. The Morgan fingerprint density at radius 1 is 1.24 bits per heavy atom. The van der Waals surface area contributed by atoms with Crippen LogP contribution in [0.25, 0.3) is 6.08 Å². The van der Waals surface area contributed by atoms with E-state index in [1.807, 2.05) is 31.2 Å². The molecule has 1 saturated heterocycles. The summed E-state index contributed by atoms with van der Waals surface area (Å²) in [6, 6.07) is 7.07.